The molecule has 3 fully saturated rings. The SMILES string of the molecule is Cc1cc2c(cnn2C2CCCCO2)c(N2CCc3c(nc(OC[C@@H]4CCCN4C)nc3N3CCN(C(=O)O)[C@@H](CC#N)C3)C2)c1C. The molecule has 13 heteroatoms. The van der Waals surface area contributed by atoms with Crippen molar-refractivity contribution in [2.45, 2.75) is 83.6 Å². The van der Waals surface area contributed by atoms with Crippen molar-refractivity contribution in [2.24, 2.45) is 0 Å². The first-order chi connectivity index (χ1) is 22.8. The number of likely N-dealkylation sites (tertiary alicyclic amines) is 1. The number of aryl methyl sites for hydroxylation is 1. The number of hydrogen-bond donors (Lipinski definition) is 1. The van der Waals surface area contributed by atoms with Crippen molar-refractivity contribution in [2.75, 3.05) is 62.8 Å². The van der Waals surface area contributed by atoms with Gasteiger partial charge in [-0.05, 0) is 83.2 Å². The maximum absolute atomic E-state index is 11.9. The van der Waals surface area contributed by atoms with Crippen molar-refractivity contribution >= 4 is 28.5 Å². The average Bonchev–Trinajstić information content (AvgIpc) is 3.69. The van der Waals surface area contributed by atoms with E-state index in [4.69, 9.17) is 24.5 Å². The van der Waals surface area contributed by atoms with Crippen molar-refractivity contribution < 1.29 is 19.4 Å². The lowest BCUT2D eigenvalue weighted by atomic mass is 9.99. The highest BCUT2D eigenvalue weighted by Gasteiger charge is 2.35. The van der Waals surface area contributed by atoms with E-state index < -0.39 is 12.1 Å². The Bertz CT molecular complexity index is 1680. The molecule has 0 spiro atoms. The van der Waals surface area contributed by atoms with Gasteiger partial charge in [-0.15, -0.1) is 0 Å². The van der Waals surface area contributed by atoms with E-state index in [1.165, 1.54) is 21.7 Å². The Hall–Kier alpha value is -4.15. The molecule has 3 saturated heterocycles. The summed E-state index contributed by atoms with van der Waals surface area (Å²) in [4.78, 5) is 30.2. The predicted molar refractivity (Wildman–Crippen MR) is 177 cm³/mol. The number of rotatable bonds is 7. The fourth-order valence-corrected chi connectivity index (χ4v) is 7.80. The van der Waals surface area contributed by atoms with Gasteiger partial charge >= 0.3 is 12.1 Å². The van der Waals surface area contributed by atoms with Gasteiger partial charge in [-0.3, -0.25) is 0 Å². The van der Waals surface area contributed by atoms with Crippen LogP contribution >= 0.6 is 0 Å². The van der Waals surface area contributed by atoms with E-state index in [0.717, 1.165) is 86.2 Å². The Morgan fingerprint density at radius 1 is 1.11 bits per heavy atom. The van der Waals surface area contributed by atoms with Crippen LogP contribution in [0.1, 0.15) is 67.1 Å². The third-order valence-electron chi connectivity index (χ3n) is 10.6. The number of likely N-dealkylation sites (N-methyl/N-ethyl adjacent to an activating group) is 1. The summed E-state index contributed by atoms with van der Waals surface area (Å²) in [7, 11) is 2.13. The van der Waals surface area contributed by atoms with Gasteiger partial charge < -0.3 is 34.2 Å². The summed E-state index contributed by atoms with van der Waals surface area (Å²) in [5.41, 5.74) is 6.69. The molecule has 2 aromatic heterocycles. The zero-order valence-electron chi connectivity index (χ0n) is 27.7. The minimum atomic E-state index is -0.992. The zero-order chi connectivity index (χ0) is 32.7. The molecule has 13 nitrogen and oxygen atoms in total. The van der Waals surface area contributed by atoms with Crippen LogP contribution in [0.2, 0.25) is 0 Å². The number of piperazine rings is 1. The first-order valence-electron chi connectivity index (χ1n) is 17.0. The maximum atomic E-state index is 11.9. The predicted octanol–water partition coefficient (Wildman–Crippen LogP) is 4.26. The first-order valence-corrected chi connectivity index (χ1v) is 17.0. The molecule has 3 aromatic rings. The van der Waals surface area contributed by atoms with Gasteiger partial charge in [0.05, 0.1) is 48.2 Å². The molecule has 1 unspecified atom stereocenters. The van der Waals surface area contributed by atoms with Crippen molar-refractivity contribution in [3.8, 4) is 12.1 Å². The van der Waals surface area contributed by atoms with Crippen LogP contribution < -0.4 is 14.5 Å². The van der Waals surface area contributed by atoms with Crippen LogP contribution in [-0.2, 0) is 17.7 Å². The molecule has 4 aliphatic rings. The third kappa shape index (κ3) is 6.05. The molecule has 6 heterocycles. The quantitative estimate of drug-likeness (QED) is 0.396. The van der Waals surface area contributed by atoms with E-state index in [2.05, 4.69) is 52.4 Å². The number of anilines is 2. The Kier molecular flexibility index (Phi) is 8.81. The fourth-order valence-electron chi connectivity index (χ4n) is 7.80. The van der Waals surface area contributed by atoms with E-state index in [0.29, 0.717) is 44.8 Å². The minimum Gasteiger partial charge on any atom is -0.465 e. The second kappa shape index (κ2) is 13.2. The van der Waals surface area contributed by atoms with Gasteiger partial charge in [-0.25, -0.2) is 9.48 Å². The van der Waals surface area contributed by atoms with Crippen LogP contribution in [0, 0.1) is 25.2 Å². The number of benzene rings is 1. The molecular weight excluding hydrogens is 598 g/mol. The van der Waals surface area contributed by atoms with E-state index in [1.807, 2.05) is 6.20 Å². The number of carboxylic acid groups (broad SMARTS) is 1. The van der Waals surface area contributed by atoms with Crippen LogP contribution in [0.15, 0.2) is 12.3 Å². The van der Waals surface area contributed by atoms with Gasteiger partial charge in [0, 0.05) is 49.8 Å². The van der Waals surface area contributed by atoms with E-state index in [-0.39, 0.29) is 12.6 Å². The second-order valence-corrected chi connectivity index (χ2v) is 13.5. The molecule has 3 atom stereocenters. The normalized spacial score (nSPS) is 23.6. The van der Waals surface area contributed by atoms with Crippen LogP contribution in [0.5, 0.6) is 6.01 Å². The Balaban J connectivity index is 1.23. The monoisotopic (exact) mass is 643 g/mol. The molecule has 4 aliphatic heterocycles. The number of nitrogens with zero attached hydrogens (tertiary/aromatic N) is 9. The molecule has 1 aromatic carbocycles. The average molecular weight is 644 g/mol. The van der Waals surface area contributed by atoms with Crippen LogP contribution in [0.25, 0.3) is 10.9 Å². The largest absolute Gasteiger partial charge is 0.465 e. The molecule has 0 radical (unpaired) electrons. The smallest absolute Gasteiger partial charge is 0.407 e. The van der Waals surface area contributed by atoms with Crippen molar-refractivity contribution in [3.63, 3.8) is 0 Å². The minimum absolute atomic E-state index is 0.0429. The summed E-state index contributed by atoms with van der Waals surface area (Å²) < 4.78 is 14.5. The molecule has 47 heavy (non-hydrogen) atoms. The number of fused-ring (bicyclic) bond motifs is 2. The molecular formula is C34H45N9O4. The molecule has 0 saturated carbocycles. The van der Waals surface area contributed by atoms with E-state index >= 15 is 0 Å². The Labute approximate surface area is 275 Å². The number of ether oxygens (including phenoxy) is 2. The number of nitriles is 1. The van der Waals surface area contributed by atoms with Crippen LogP contribution in [0.3, 0.4) is 0 Å². The molecule has 1 amide bonds. The Morgan fingerprint density at radius 2 is 1.98 bits per heavy atom. The van der Waals surface area contributed by atoms with Gasteiger partial charge in [0.1, 0.15) is 12.4 Å². The van der Waals surface area contributed by atoms with Crippen molar-refractivity contribution in [1.29, 1.82) is 5.26 Å². The topological polar surface area (TPSA) is 136 Å². The van der Waals surface area contributed by atoms with E-state index in [9.17, 15) is 15.2 Å². The van der Waals surface area contributed by atoms with Crippen LogP contribution in [-0.4, -0.2) is 106 Å². The standard InChI is InChI=1S/C34H45N9O4/c1-22-17-29-27(18-36-43(29)30-8-4-5-16-46-30)31(23(22)2)40-13-10-26-28(20-40)37-33(47-21-25-7-6-12-39(25)3)38-32(26)41-14-15-42(34(44)45)24(19-41)9-11-35/h17-18,24-25,30H,4-10,12-16,19-21H2,1-3H3,(H,44,45)/t24-,25-,30?/m0/s1. The summed E-state index contributed by atoms with van der Waals surface area (Å²) in [6.45, 7) is 9.25. The third-order valence-corrected chi connectivity index (χ3v) is 10.6. The molecule has 0 bridgehead atoms. The lowest BCUT2D eigenvalue weighted by Gasteiger charge is -2.41. The summed E-state index contributed by atoms with van der Waals surface area (Å²) in [6, 6.07) is 4.66. The van der Waals surface area contributed by atoms with Crippen molar-refractivity contribution in [3.05, 3.63) is 34.6 Å². The summed E-state index contributed by atoms with van der Waals surface area (Å²) >= 11 is 0. The van der Waals surface area contributed by atoms with Gasteiger partial charge in [0.15, 0.2) is 6.23 Å². The van der Waals surface area contributed by atoms with Crippen LogP contribution in [0.4, 0.5) is 16.3 Å². The number of aromatic nitrogens is 4. The molecule has 1 N–H and O–H groups in total. The lowest BCUT2D eigenvalue weighted by molar-refractivity contribution is -0.0366. The second-order valence-electron chi connectivity index (χ2n) is 13.5. The Morgan fingerprint density at radius 3 is 2.72 bits per heavy atom. The molecule has 250 valence electrons. The fraction of sp³-hybridized carbons (Fsp3) is 0.618. The highest BCUT2D eigenvalue weighted by atomic mass is 16.5. The number of hydrogen-bond acceptors (Lipinski definition) is 10. The molecule has 0 aliphatic carbocycles. The summed E-state index contributed by atoms with van der Waals surface area (Å²) in [5.74, 6) is 0.797. The highest BCUT2D eigenvalue weighted by molar-refractivity contribution is 5.95. The number of carbonyl (C=O) groups is 1. The molecule has 7 rings (SSSR count). The van der Waals surface area contributed by atoms with Gasteiger partial charge in [-0.1, -0.05) is 0 Å². The van der Waals surface area contributed by atoms with Gasteiger partial charge in [0.2, 0.25) is 0 Å². The zero-order valence-corrected chi connectivity index (χ0v) is 27.7. The van der Waals surface area contributed by atoms with E-state index in [1.54, 1.807) is 0 Å². The van der Waals surface area contributed by atoms with Gasteiger partial charge in [0.25, 0.3) is 0 Å². The highest BCUT2D eigenvalue weighted by Crippen LogP contribution is 2.39. The maximum Gasteiger partial charge on any atom is 0.407 e. The number of amides is 1. The lowest BCUT2D eigenvalue weighted by Crippen LogP contribution is -2.55. The first kappa shape index (κ1) is 31.4. The summed E-state index contributed by atoms with van der Waals surface area (Å²) in [5, 5.41) is 25.2. The van der Waals surface area contributed by atoms with Crippen molar-refractivity contribution in [1.82, 2.24) is 29.5 Å². The van der Waals surface area contributed by atoms with Gasteiger partial charge in [-0.2, -0.15) is 20.3 Å². The summed E-state index contributed by atoms with van der Waals surface area (Å²) in [6.07, 6.45) is 7.23.